The largest absolute Gasteiger partial charge is 0.469 e. The Kier molecular flexibility index (Phi) is 5.31. The van der Waals surface area contributed by atoms with Gasteiger partial charge in [-0.2, -0.15) is 5.48 Å². The van der Waals surface area contributed by atoms with Gasteiger partial charge >= 0.3 is 5.97 Å². The Bertz CT molecular complexity index is 311. The Balaban J connectivity index is 2.38. The molecule has 1 aromatic heterocycles. The first-order valence-electron chi connectivity index (χ1n) is 4.75. The molecule has 1 heterocycles. The van der Waals surface area contributed by atoms with Crippen LogP contribution in [0.5, 0.6) is 0 Å². The van der Waals surface area contributed by atoms with Crippen LogP contribution in [0.25, 0.3) is 0 Å². The Hall–Kier alpha value is -0.910. The van der Waals surface area contributed by atoms with Gasteiger partial charge in [0.1, 0.15) is 0 Å². The maximum atomic E-state index is 11.0. The molecular weight excluding hydrogens is 214 g/mol. The summed E-state index contributed by atoms with van der Waals surface area (Å²) in [5.41, 5.74) is 2.83. The zero-order valence-electron chi connectivity index (χ0n) is 8.91. The summed E-state index contributed by atoms with van der Waals surface area (Å²) in [6, 6.07) is 3.92. The van der Waals surface area contributed by atoms with Crippen molar-refractivity contribution < 1.29 is 14.4 Å². The second kappa shape index (κ2) is 6.55. The van der Waals surface area contributed by atoms with Crippen LogP contribution >= 0.6 is 11.3 Å². The van der Waals surface area contributed by atoms with Crippen molar-refractivity contribution in [2.24, 2.45) is 0 Å². The number of hydroxylamine groups is 1. The summed E-state index contributed by atoms with van der Waals surface area (Å²) in [4.78, 5) is 18.2. The fourth-order valence-corrected chi connectivity index (χ4v) is 1.98. The Morgan fingerprint density at radius 1 is 1.47 bits per heavy atom. The molecule has 0 aromatic carbocycles. The fraction of sp³-hybridized carbons (Fsp3) is 0.500. The number of ether oxygens (including phenoxy) is 1. The van der Waals surface area contributed by atoms with Gasteiger partial charge in [-0.3, -0.25) is 4.79 Å². The fourth-order valence-electron chi connectivity index (χ4n) is 1.05. The molecule has 1 N–H and O–H groups in total. The molecule has 0 unspecified atom stereocenters. The van der Waals surface area contributed by atoms with E-state index in [1.54, 1.807) is 11.3 Å². The van der Waals surface area contributed by atoms with E-state index in [4.69, 9.17) is 4.84 Å². The lowest BCUT2D eigenvalue weighted by atomic mass is 10.3. The summed E-state index contributed by atoms with van der Waals surface area (Å²) in [5.74, 6) is -0.207. The molecule has 0 aliphatic heterocycles. The van der Waals surface area contributed by atoms with Gasteiger partial charge in [0.2, 0.25) is 0 Å². The molecule has 4 nitrogen and oxygen atoms in total. The van der Waals surface area contributed by atoms with Crippen molar-refractivity contribution in [3.05, 3.63) is 21.9 Å². The highest BCUT2D eigenvalue weighted by atomic mass is 32.1. The lowest BCUT2D eigenvalue weighted by Gasteiger charge is -2.00. The van der Waals surface area contributed by atoms with Gasteiger partial charge in [0.15, 0.2) is 0 Å². The molecule has 0 amide bonds. The Labute approximate surface area is 93.2 Å². The van der Waals surface area contributed by atoms with Gasteiger partial charge in [-0.25, -0.2) is 0 Å². The molecule has 0 saturated carbocycles. The predicted octanol–water partition coefficient (Wildman–Crippen LogP) is 1.50. The third-order valence-electron chi connectivity index (χ3n) is 1.76. The SMILES string of the molecule is CCONCc1ccc(CC(=O)OC)s1. The number of thiophene rings is 1. The highest BCUT2D eigenvalue weighted by molar-refractivity contribution is 7.12. The minimum atomic E-state index is -0.207. The summed E-state index contributed by atoms with van der Waals surface area (Å²) in [6.07, 6.45) is 0.343. The molecule has 0 spiro atoms. The third-order valence-corrected chi connectivity index (χ3v) is 2.84. The predicted molar refractivity (Wildman–Crippen MR) is 58.5 cm³/mol. The van der Waals surface area contributed by atoms with Crippen LogP contribution in [0.2, 0.25) is 0 Å². The maximum Gasteiger partial charge on any atom is 0.310 e. The van der Waals surface area contributed by atoms with E-state index in [0.29, 0.717) is 19.6 Å². The van der Waals surface area contributed by atoms with E-state index < -0.39 is 0 Å². The Morgan fingerprint density at radius 2 is 2.20 bits per heavy atom. The highest BCUT2D eigenvalue weighted by Gasteiger charge is 2.05. The summed E-state index contributed by atoms with van der Waals surface area (Å²) in [7, 11) is 1.40. The minimum Gasteiger partial charge on any atom is -0.469 e. The quantitative estimate of drug-likeness (QED) is 0.456. The first-order chi connectivity index (χ1) is 7.26. The molecule has 0 radical (unpaired) electrons. The normalized spacial score (nSPS) is 10.3. The van der Waals surface area contributed by atoms with Crippen LogP contribution in [0.1, 0.15) is 16.7 Å². The lowest BCUT2D eigenvalue weighted by molar-refractivity contribution is -0.139. The summed E-state index contributed by atoms with van der Waals surface area (Å²) >= 11 is 1.58. The highest BCUT2D eigenvalue weighted by Crippen LogP contribution is 2.17. The first kappa shape index (κ1) is 12.2. The van der Waals surface area contributed by atoms with Gasteiger partial charge < -0.3 is 9.57 Å². The summed E-state index contributed by atoms with van der Waals surface area (Å²) in [6.45, 7) is 3.23. The van der Waals surface area contributed by atoms with Crippen molar-refractivity contribution in [3.63, 3.8) is 0 Å². The van der Waals surface area contributed by atoms with Crippen LogP contribution in [0.3, 0.4) is 0 Å². The van der Waals surface area contributed by atoms with Crippen molar-refractivity contribution in [2.45, 2.75) is 19.9 Å². The van der Waals surface area contributed by atoms with Crippen LogP contribution in [-0.2, 0) is 27.3 Å². The number of carbonyl (C=O) groups is 1. The number of carbonyl (C=O) groups excluding carboxylic acids is 1. The zero-order chi connectivity index (χ0) is 11.1. The molecule has 0 fully saturated rings. The zero-order valence-corrected chi connectivity index (χ0v) is 9.73. The van der Waals surface area contributed by atoms with Crippen molar-refractivity contribution in [3.8, 4) is 0 Å². The number of nitrogens with one attached hydrogen (secondary N) is 1. The molecule has 0 atom stereocenters. The van der Waals surface area contributed by atoms with Crippen LogP contribution in [-0.4, -0.2) is 19.7 Å². The van der Waals surface area contributed by atoms with Crippen LogP contribution < -0.4 is 5.48 Å². The molecule has 0 aliphatic carbocycles. The van der Waals surface area contributed by atoms with Crippen molar-refractivity contribution in [2.75, 3.05) is 13.7 Å². The second-order valence-electron chi connectivity index (χ2n) is 2.88. The lowest BCUT2D eigenvalue weighted by Crippen LogP contribution is -2.12. The van der Waals surface area contributed by atoms with E-state index in [-0.39, 0.29) is 5.97 Å². The standard InChI is InChI=1S/C10H15NO3S/c1-3-14-11-7-9-5-4-8(15-9)6-10(12)13-2/h4-5,11H,3,6-7H2,1-2H3. The van der Waals surface area contributed by atoms with Crippen molar-refractivity contribution in [1.29, 1.82) is 0 Å². The molecule has 1 rings (SSSR count). The number of hydrogen-bond acceptors (Lipinski definition) is 5. The minimum absolute atomic E-state index is 0.207. The van der Waals surface area contributed by atoms with Gasteiger partial charge in [0, 0.05) is 9.75 Å². The van der Waals surface area contributed by atoms with Crippen LogP contribution in [0.15, 0.2) is 12.1 Å². The Morgan fingerprint density at radius 3 is 2.87 bits per heavy atom. The number of hydrogen-bond donors (Lipinski definition) is 1. The summed E-state index contributed by atoms with van der Waals surface area (Å²) in [5, 5.41) is 0. The van der Waals surface area contributed by atoms with Crippen molar-refractivity contribution >= 4 is 17.3 Å². The van der Waals surface area contributed by atoms with Gasteiger partial charge in [-0.05, 0) is 19.1 Å². The van der Waals surface area contributed by atoms with E-state index in [9.17, 15) is 4.79 Å². The molecule has 0 saturated heterocycles. The van der Waals surface area contributed by atoms with Gasteiger partial charge in [-0.15, -0.1) is 11.3 Å². The van der Waals surface area contributed by atoms with E-state index in [1.165, 1.54) is 7.11 Å². The molecule has 1 aromatic rings. The number of esters is 1. The molecule has 0 bridgehead atoms. The van der Waals surface area contributed by atoms with Gasteiger partial charge in [0.05, 0.1) is 26.7 Å². The first-order valence-corrected chi connectivity index (χ1v) is 5.57. The smallest absolute Gasteiger partial charge is 0.310 e. The van der Waals surface area contributed by atoms with Crippen molar-refractivity contribution in [1.82, 2.24) is 5.48 Å². The average Bonchev–Trinajstić information content (AvgIpc) is 2.66. The second-order valence-corrected chi connectivity index (χ2v) is 4.13. The van der Waals surface area contributed by atoms with Gasteiger partial charge in [0.25, 0.3) is 0 Å². The molecule has 0 aliphatic rings. The molecular formula is C10H15NO3S. The van der Waals surface area contributed by atoms with Crippen LogP contribution in [0.4, 0.5) is 0 Å². The summed E-state index contributed by atoms with van der Waals surface area (Å²) < 4.78 is 4.59. The topological polar surface area (TPSA) is 47.6 Å². The van der Waals surface area contributed by atoms with Crippen LogP contribution in [0, 0.1) is 0 Å². The van der Waals surface area contributed by atoms with Gasteiger partial charge in [-0.1, -0.05) is 0 Å². The number of methoxy groups -OCH3 is 1. The number of rotatable bonds is 6. The monoisotopic (exact) mass is 229 g/mol. The van der Waals surface area contributed by atoms with E-state index in [2.05, 4.69) is 10.2 Å². The van der Waals surface area contributed by atoms with E-state index in [0.717, 1.165) is 9.75 Å². The molecule has 15 heavy (non-hydrogen) atoms. The average molecular weight is 229 g/mol. The van der Waals surface area contributed by atoms with E-state index in [1.807, 2.05) is 19.1 Å². The third kappa shape index (κ3) is 4.42. The van der Waals surface area contributed by atoms with E-state index >= 15 is 0 Å². The maximum absolute atomic E-state index is 11.0. The molecule has 84 valence electrons. The molecule has 5 heteroatoms.